The van der Waals surface area contributed by atoms with Gasteiger partial charge in [0.25, 0.3) is 0 Å². The maximum atomic E-state index is 0. The summed E-state index contributed by atoms with van der Waals surface area (Å²) >= 11 is 0. The molecule has 0 N–H and O–H groups in total. The van der Waals surface area contributed by atoms with Crippen molar-refractivity contribution in [3.63, 3.8) is 0 Å². The SMILES string of the molecule is [Cu].[Cu].[Cu].[Cu].[Cu].[Cu].[Cu].[Cu].[Cu].[Zr].[Zr]. The van der Waals surface area contributed by atoms with Crippen LogP contribution in [0.15, 0.2) is 0 Å². The second-order valence-electron chi connectivity index (χ2n) is 0. The van der Waals surface area contributed by atoms with Gasteiger partial charge in [-0.15, -0.1) is 0 Å². The molecule has 0 aromatic carbocycles. The third-order valence-electron chi connectivity index (χ3n) is 0. The van der Waals surface area contributed by atoms with Gasteiger partial charge in [0.05, 0.1) is 0 Å². The van der Waals surface area contributed by atoms with Crippen molar-refractivity contribution in [2.24, 2.45) is 0 Å². The first-order valence-electron chi connectivity index (χ1n) is 0. The molecule has 0 saturated heterocycles. The Morgan fingerprint density at radius 1 is 0.182 bits per heavy atom. The molecule has 0 aliphatic rings. The van der Waals surface area contributed by atoms with Gasteiger partial charge in [0.2, 0.25) is 0 Å². The average molecular weight is 754 g/mol. The summed E-state index contributed by atoms with van der Waals surface area (Å²) in [5, 5.41) is 0. The summed E-state index contributed by atoms with van der Waals surface area (Å²) in [6, 6.07) is 0. The van der Waals surface area contributed by atoms with Gasteiger partial charge in [-0.05, 0) is 0 Å². The minimum Gasteiger partial charge on any atom is 0 e. The van der Waals surface area contributed by atoms with Crippen LogP contribution >= 0.6 is 0 Å². The molecule has 11 heteroatoms. The van der Waals surface area contributed by atoms with Crippen molar-refractivity contribution in [1.82, 2.24) is 0 Å². The summed E-state index contributed by atoms with van der Waals surface area (Å²) in [6.45, 7) is 0. The number of rotatable bonds is 0. The molecule has 0 aliphatic carbocycles. The van der Waals surface area contributed by atoms with Crippen molar-refractivity contribution in [1.29, 1.82) is 0 Å². The summed E-state index contributed by atoms with van der Waals surface area (Å²) in [5.41, 5.74) is 0. The molecule has 0 aliphatic heterocycles. The fraction of sp³-hybridized carbons (Fsp3) is 0. The first kappa shape index (κ1) is 114. The van der Waals surface area contributed by atoms with Crippen molar-refractivity contribution in [3.05, 3.63) is 0 Å². The first-order chi connectivity index (χ1) is 0. The Morgan fingerprint density at radius 2 is 0.182 bits per heavy atom. The smallest absolute Gasteiger partial charge is 0 e. The molecule has 9 radical (unpaired) electrons. The molecule has 0 saturated carbocycles. The maximum Gasteiger partial charge on any atom is 0 e. The van der Waals surface area contributed by atoms with E-state index in [1.807, 2.05) is 0 Å². The van der Waals surface area contributed by atoms with Gasteiger partial charge in [-0.1, -0.05) is 0 Å². The first-order valence-corrected chi connectivity index (χ1v) is 0. The minimum absolute atomic E-state index is 0. The maximum absolute atomic E-state index is 0. The van der Waals surface area contributed by atoms with E-state index in [-0.39, 0.29) is 206 Å². The van der Waals surface area contributed by atoms with Gasteiger partial charge in [0.1, 0.15) is 0 Å². The predicted molar refractivity (Wildman–Crippen MR) is 0 cm³/mol. The molecule has 0 nitrogen and oxygen atoms in total. The van der Waals surface area contributed by atoms with E-state index >= 15 is 0 Å². The number of hydrogen-bond acceptors (Lipinski definition) is 0. The molecule has 0 amide bonds. The van der Waals surface area contributed by atoms with E-state index in [4.69, 9.17) is 0 Å². The predicted octanol–water partition coefficient (Wildman–Crippen LogP) is -0.0275. The van der Waals surface area contributed by atoms with Gasteiger partial charge < -0.3 is 0 Å². The van der Waals surface area contributed by atoms with Gasteiger partial charge >= 0.3 is 0 Å². The standard InChI is InChI=1S/9Cu.2Zr. The number of hydrogen-bond donors (Lipinski definition) is 0. The third kappa shape index (κ3) is 82.6. The van der Waals surface area contributed by atoms with Crippen LogP contribution in [0.2, 0.25) is 0 Å². The Labute approximate surface area is 201 Å². The molecule has 0 fully saturated rings. The Bertz CT molecular complexity index is 7.52. The van der Waals surface area contributed by atoms with Crippen molar-refractivity contribution in [2.75, 3.05) is 0 Å². The van der Waals surface area contributed by atoms with Gasteiger partial charge in [0.15, 0.2) is 0 Å². The Kier molecular flexibility index (Phi) is 976. The van der Waals surface area contributed by atoms with Crippen LogP contribution < -0.4 is 0 Å². The zero-order valence-electron chi connectivity index (χ0n) is 3.71. The molecule has 107 valence electrons. The van der Waals surface area contributed by atoms with Crippen molar-refractivity contribution >= 4 is 0 Å². The van der Waals surface area contributed by atoms with Gasteiger partial charge in [-0.25, -0.2) is 0 Å². The van der Waals surface area contributed by atoms with Crippen LogP contribution in [0.1, 0.15) is 0 Å². The third-order valence-corrected chi connectivity index (χ3v) is 0. The molecule has 0 bridgehead atoms. The van der Waals surface area contributed by atoms with Crippen molar-refractivity contribution in [2.45, 2.75) is 0 Å². The van der Waals surface area contributed by atoms with E-state index in [2.05, 4.69) is 0 Å². The summed E-state index contributed by atoms with van der Waals surface area (Å²) in [6.07, 6.45) is 0. The second kappa shape index (κ2) is 94.5. The van der Waals surface area contributed by atoms with E-state index < -0.39 is 0 Å². The summed E-state index contributed by atoms with van der Waals surface area (Å²) in [7, 11) is 0. The molecule has 0 atom stereocenters. The molecule has 11 heavy (non-hydrogen) atoms. The normalized spacial score (nSPS) is 0. The summed E-state index contributed by atoms with van der Waals surface area (Å²) < 4.78 is 0. The molecule has 0 heterocycles. The Balaban J connectivity index is 0. The van der Waals surface area contributed by atoms with Gasteiger partial charge in [0, 0.05) is 206 Å². The minimum atomic E-state index is 0. The van der Waals surface area contributed by atoms with E-state index in [0.29, 0.717) is 0 Å². The fourth-order valence-electron chi connectivity index (χ4n) is 0. The molecule has 0 aromatic rings. The Hall–Kier alpha value is 6.44. The molecule has 0 aromatic heterocycles. The second-order valence-corrected chi connectivity index (χ2v) is 0. The largest absolute Gasteiger partial charge is 0 e. The molecular formula is Cu9Zr2. The van der Waals surface area contributed by atoms with Crippen LogP contribution in [0.25, 0.3) is 0 Å². The van der Waals surface area contributed by atoms with Crippen LogP contribution in [0.5, 0.6) is 0 Å². The van der Waals surface area contributed by atoms with E-state index in [0.717, 1.165) is 0 Å². The molecule has 0 spiro atoms. The van der Waals surface area contributed by atoms with Crippen molar-refractivity contribution in [3.8, 4) is 0 Å². The molecule has 0 rings (SSSR count). The Morgan fingerprint density at radius 3 is 0.182 bits per heavy atom. The van der Waals surface area contributed by atoms with E-state index in [9.17, 15) is 0 Å². The van der Waals surface area contributed by atoms with Crippen LogP contribution in [-0.2, 0) is 206 Å². The zero-order chi connectivity index (χ0) is 0. The van der Waals surface area contributed by atoms with E-state index in [1.165, 1.54) is 0 Å². The van der Waals surface area contributed by atoms with Crippen LogP contribution in [0.3, 0.4) is 0 Å². The monoisotopic (exact) mass is 746 g/mol. The zero-order valence-corrected chi connectivity index (χ0v) is 17.1. The van der Waals surface area contributed by atoms with Gasteiger partial charge in [-0.3, -0.25) is 0 Å². The molecular weight excluding hydrogens is 754 g/mol. The van der Waals surface area contributed by atoms with Crippen molar-refractivity contribution < 1.29 is 206 Å². The van der Waals surface area contributed by atoms with Crippen LogP contribution in [0.4, 0.5) is 0 Å². The van der Waals surface area contributed by atoms with Crippen LogP contribution in [0, 0.1) is 0 Å². The summed E-state index contributed by atoms with van der Waals surface area (Å²) in [5.74, 6) is 0. The topological polar surface area (TPSA) is 0 Å². The summed E-state index contributed by atoms with van der Waals surface area (Å²) in [4.78, 5) is 0. The fourth-order valence-corrected chi connectivity index (χ4v) is 0. The van der Waals surface area contributed by atoms with E-state index in [1.54, 1.807) is 0 Å². The average Bonchev–Trinajstić information content (AvgIpc) is 0. The molecule has 0 unspecified atom stereocenters. The quantitative estimate of drug-likeness (QED) is 0.306. The van der Waals surface area contributed by atoms with Crippen LogP contribution in [-0.4, -0.2) is 0 Å². The van der Waals surface area contributed by atoms with Gasteiger partial charge in [-0.2, -0.15) is 0 Å².